The maximum Gasteiger partial charge on any atom is 0.328 e. The number of aliphatic hydroxyl groups is 1. The summed E-state index contributed by atoms with van der Waals surface area (Å²) in [5, 5.41) is 23.4. The summed E-state index contributed by atoms with van der Waals surface area (Å²) < 4.78 is 0. The monoisotopic (exact) mass is 272 g/mol. The molecule has 0 aliphatic rings. The Labute approximate surface area is 106 Å². The summed E-state index contributed by atoms with van der Waals surface area (Å²) in [6.07, 6.45) is 0. The van der Waals surface area contributed by atoms with Crippen LogP contribution in [0.15, 0.2) is 17.5 Å². The lowest BCUT2D eigenvalue weighted by atomic mass is 10.3. The molecule has 0 unspecified atom stereocenters. The minimum absolute atomic E-state index is 0.347. The van der Waals surface area contributed by atoms with Crippen molar-refractivity contribution in [1.82, 2.24) is 10.6 Å². The van der Waals surface area contributed by atoms with E-state index in [0.717, 1.165) is 0 Å². The molecule has 0 saturated heterocycles. The average Bonchev–Trinajstić information content (AvgIpc) is 2.86. The van der Waals surface area contributed by atoms with Crippen LogP contribution in [0.1, 0.15) is 9.67 Å². The first-order valence-corrected chi connectivity index (χ1v) is 5.87. The fourth-order valence-electron chi connectivity index (χ4n) is 1.09. The summed E-state index contributed by atoms with van der Waals surface area (Å²) in [6.45, 7) is -1.06. The van der Waals surface area contributed by atoms with Gasteiger partial charge < -0.3 is 20.8 Å². The third-order valence-corrected chi connectivity index (χ3v) is 2.84. The van der Waals surface area contributed by atoms with Crippen molar-refractivity contribution in [3.63, 3.8) is 0 Å². The predicted molar refractivity (Wildman–Crippen MR) is 63.3 cm³/mol. The van der Waals surface area contributed by atoms with Crippen molar-refractivity contribution in [3.05, 3.63) is 22.4 Å². The van der Waals surface area contributed by atoms with Crippen LogP contribution in [0.4, 0.5) is 0 Å². The molecule has 0 aliphatic heterocycles. The molecule has 0 radical (unpaired) electrons. The van der Waals surface area contributed by atoms with Gasteiger partial charge in [-0.25, -0.2) is 4.79 Å². The second kappa shape index (κ2) is 6.72. The van der Waals surface area contributed by atoms with Crippen LogP contribution in [-0.2, 0) is 9.59 Å². The van der Waals surface area contributed by atoms with Crippen LogP contribution in [-0.4, -0.2) is 47.2 Å². The zero-order valence-corrected chi connectivity index (χ0v) is 10.1. The highest BCUT2D eigenvalue weighted by Gasteiger charge is 2.18. The molecule has 1 atom stereocenters. The van der Waals surface area contributed by atoms with E-state index < -0.39 is 30.4 Å². The van der Waals surface area contributed by atoms with Gasteiger partial charge in [0.15, 0.2) is 0 Å². The number of carbonyl (C=O) groups excluding carboxylic acids is 2. The molecule has 1 aromatic heterocycles. The maximum atomic E-state index is 11.5. The molecule has 1 heterocycles. The number of amides is 2. The molecule has 7 nitrogen and oxygen atoms in total. The first kappa shape index (κ1) is 14.1. The molecular formula is C10H12N2O5S. The number of aliphatic hydroxyl groups excluding tert-OH is 1. The molecule has 2 amide bonds. The molecule has 0 spiro atoms. The highest BCUT2D eigenvalue weighted by atomic mass is 32.1. The standard InChI is InChI=1S/C10H12N2O5S/c13-5-6(10(16)17)12-8(14)4-11-9(15)7-2-1-3-18-7/h1-3,6,13H,4-5H2,(H,11,15)(H,12,14)(H,16,17)/t6-/m1/s1. The van der Waals surface area contributed by atoms with Crippen LogP contribution in [0.2, 0.25) is 0 Å². The van der Waals surface area contributed by atoms with Gasteiger partial charge in [0.05, 0.1) is 18.0 Å². The number of hydrogen-bond donors (Lipinski definition) is 4. The van der Waals surface area contributed by atoms with Crippen LogP contribution in [0.3, 0.4) is 0 Å². The van der Waals surface area contributed by atoms with Gasteiger partial charge in [0, 0.05) is 0 Å². The second-order valence-electron chi connectivity index (χ2n) is 3.30. The van der Waals surface area contributed by atoms with Crippen molar-refractivity contribution in [2.24, 2.45) is 0 Å². The van der Waals surface area contributed by atoms with Crippen LogP contribution in [0, 0.1) is 0 Å². The van der Waals surface area contributed by atoms with Gasteiger partial charge in [0.25, 0.3) is 5.91 Å². The molecule has 1 rings (SSSR count). The summed E-state index contributed by atoms with van der Waals surface area (Å²) in [5.41, 5.74) is 0. The van der Waals surface area contributed by atoms with E-state index in [4.69, 9.17) is 10.2 Å². The summed E-state index contributed by atoms with van der Waals surface area (Å²) >= 11 is 1.23. The van der Waals surface area contributed by atoms with Gasteiger partial charge in [-0.2, -0.15) is 0 Å². The number of carbonyl (C=O) groups is 3. The molecule has 0 bridgehead atoms. The van der Waals surface area contributed by atoms with Gasteiger partial charge in [-0.05, 0) is 11.4 Å². The first-order valence-electron chi connectivity index (χ1n) is 4.99. The number of carboxylic acid groups (broad SMARTS) is 1. The molecule has 4 N–H and O–H groups in total. The summed E-state index contributed by atoms with van der Waals surface area (Å²) in [4.78, 5) is 33.7. The Bertz CT molecular complexity index is 431. The first-order chi connectivity index (χ1) is 8.54. The lowest BCUT2D eigenvalue weighted by Crippen LogP contribution is -2.47. The molecule has 98 valence electrons. The summed E-state index contributed by atoms with van der Waals surface area (Å²) in [6, 6.07) is 1.94. The van der Waals surface area contributed by atoms with Crippen LogP contribution in [0.5, 0.6) is 0 Å². The number of carboxylic acids is 1. The maximum absolute atomic E-state index is 11.5. The minimum atomic E-state index is -1.36. The van der Waals surface area contributed by atoms with Crippen molar-refractivity contribution in [1.29, 1.82) is 0 Å². The largest absolute Gasteiger partial charge is 0.480 e. The number of thiophene rings is 1. The Morgan fingerprint density at radius 1 is 1.39 bits per heavy atom. The van der Waals surface area contributed by atoms with Gasteiger partial charge in [-0.15, -0.1) is 11.3 Å². The van der Waals surface area contributed by atoms with E-state index >= 15 is 0 Å². The van der Waals surface area contributed by atoms with Crippen molar-refractivity contribution in [3.8, 4) is 0 Å². The summed E-state index contributed by atoms with van der Waals surface area (Å²) in [5.74, 6) is -2.42. The molecular weight excluding hydrogens is 260 g/mol. The zero-order valence-electron chi connectivity index (χ0n) is 9.25. The quantitative estimate of drug-likeness (QED) is 0.532. The van der Waals surface area contributed by atoms with E-state index in [1.165, 1.54) is 11.3 Å². The topological polar surface area (TPSA) is 116 Å². The molecule has 1 aromatic rings. The van der Waals surface area contributed by atoms with Gasteiger partial charge in [0.2, 0.25) is 5.91 Å². The van der Waals surface area contributed by atoms with Crippen LogP contribution < -0.4 is 10.6 Å². The Morgan fingerprint density at radius 2 is 2.11 bits per heavy atom. The van der Waals surface area contributed by atoms with E-state index in [1.54, 1.807) is 17.5 Å². The van der Waals surface area contributed by atoms with Crippen molar-refractivity contribution >= 4 is 29.1 Å². The second-order valence-corrected chi connectivity index (χ2v) is 4.25. The Morgan fingerprint density at radius 3 is 2.61 bits per heavy atom. The van der Waals surface area contributed by atoms with E-state index in [9.17, 15) is 14.4 Å². The fraction of sp³-hybridized carbons (Fsp3) is 0.300. The van der Waals surface area contributed by atoms with E-state index in [-0.39, 0.29) is 6.54 Å². The van der Waals surface area contributed by atoms with E-state index in [1.807, 2.05) is 0 Å². The number of hydrogen-bond acceptors (Lipinski definition) is 5. The molecule has 0 saturated carbocycles. The van der Waals surface area contributed by atoms with Crippen LogP contribution in [0.25, 0.3) is 0 Å². The van der Waals surface area contributed by atoms with E-state index in [0.29, 0.717) is 4.88 Å². The van der Waals surface area contributed by atoms with Gasteiger partial charge in [0.1, 0.15) is 6.04 Å². The van der Waals surface area contributed by atoms with Crippen molar-refractivity contribution in [2.45, 2.75) is 6.04 Å². The Hall–Kier alpha value is -1.93. The number of nitrogens with one attached hydrogen (secondary N) is 2. The SMILES string of the molecule is O=C(CNC(=O)c1cccs1)N[C@H](CO)C(=O)O. The summed E-state index contributed by atoms with van der Waals surface area (Å²) in [7, 11) is 0. The Kier molecular flexibility index (Phi) is 5.28. The molecule has 8 heteroatoms. The van der Waals surface area contributed by atoms with Gasteiger partial charge >= 0.3 is 5.97 Å². The smallest absolute Gasteiger partial charge is 0.328 e. The molecule has 18 heavy (non-hydrogen) atoms. The third kappa shape index (κ3) is 4.15. The molecule has 0 aliphatic carbocycles. The van der Waals surface area contributed by atoms with Crippen LogP contribution >= 0.6 is 11.3 Å². The number of aliphatic carboxylic acids is 1. The molecule has 0 fully saturated rings. The number of rotatable bonds is 6. The van der Waals surface area contributed by atoms with Gasteiger partial charge in [-0.1, -0.05) is 6.07 Å². The van der Waals surface area contributed by atoms with Crippen molar-refractivity contribution < 1.29 is 24.6 Å². The minimum Gasteiger partial charge on any atom is -0.480 e. The average molecular weight is 272 g/mol. The van der Waals surface area contributed by atoms with E-state index in [2.05, 4.69) is 10.6 Å². The normalized spacial score (nSPS) is 11.6. The van der Waals surface area contributed by atoms with Gasteiger partial charge in [-0.3, -0.25) is 9.59 Å². The highest BCUT2D eigenvalue weighted by molar-refractivity contribution is 7.12. The molecule has 0 aromatic carbocycles. The lowest BCUT2D eigenvalue weighted by molar-refractivity contribution is -0.142. The highest BCUT2D eigenvalue weighted by Crippen LogP contribution is 2.07. The third-order valence-electron chi connectivity index (χ3n) is 1.97. The lowest BCUT2D eigenvalue weighted by Gasteiger charge is -2.11. The Balaban J connectivity index is 2.37. The van der Waals surface area contributed by atoms with Crippen molar-refractivity contribution in [2.75, 3.05) is 13.2 Å². The predicted octanol–water partition coefficient (Wildman–Crippen LogP) is -0.960. The zero-order chi connectivity index (χ0) is 13.5. The fourth-order valence-corrected chi connectivity index (χ4v) is 1.73.